The molecule has 0 radical (unpaired) electrons. The fourth-order valence-electron chi connectivity index (χ4n) is 3.26. The van der Waals surface area contributed by atoms with Crippen molar-refractivity contribution in [3.63, 3.8) is 0 Å². The highest BCUT2D eigenvalue weighted by Crippen LogP contribution is 2.51. The van der Waals surface area contributed by atoms with Gasteiger partial charge >= 0.3 is 6.01 Å². The zero-order valence-corrected chi connectivity index (χ0v) is 16.5. The van der Waals surface area contributed by atoms with E-state index in [0.717, 1.165) is 23.8 Å². The monoisotopic (exact) mass is 415 g/mol. The predicted molar refractivity (Wildman–Crippen MR) is 108 cm³/mol. The van der Waals surface area contributed by atoms with E-state index in [4.69, 9.17) is 10.3 Å². The lowest BCUT2D eigenvalue weighted by Crippen LogP contribution is -2.38. The molecule has 29 heavy (non-hydrogen) atoms. The summed E-state index contributed by atoms with van der Waals surface area (Å²) in [7, 11) is 0. The van der Waals surface area contributed by atoms with Gasteiger partial charge in [-0.2, -0.15) is 15.1 Å². The first-order valence-electron chi connectivity index (χ1n) is 9.13. The number of halogens is 2. The van der Waals surface area contributed by atoms with Gasteiger partial charge in [0.05, 0.1) is 0 Å². The van der Waals surface area contributed by atoms with Gasteiger partial charge in [0.2, 0.25) is 0 Å². The molecule has 2 heterocycles. The quantitative estimate of drug-likeness (QED) is 0.651. The van der Waals surface area contributed by atoms with E-state index in [1.54, 1.807) is 11.9 Å². The average molecular weight is 415 g/mol. The Balaban J connectivity index is 1.88. The summed E-state index contributed by atoms with van der Waals surface area (Å²) in [5.74, 6) is -0.641. The Labute approximate surface area is 170 Å². The van der Waals surface area contributed by atoms with Crippen LogP contribution in [-0.4, -0.2) is 21.7 Å². The van der Waals surface area contributed by atoms with Crippen molar-refractivity contribution in [2.45, 2.75) is 24.6 Å². The summed E-state index contributed by atoms with van der Waals surface area (Å²) in [6, 6.07) is 13.2. The number of hydrogen-bond acceptors (Lipinski definition) is 7. The number of hydrogen-bond donors (Lipinski definition) is 1. The van der Waals surface area contributed by atoms with Crippen molar-refractivity contribution in [3.8, 4) is 0 Å². The molecule has 1 aliphatic rings. The molecule has 1 aliphatic heterocycles. The van der Waals surface area contributed by atoms with E-state index >= 15 is 0 Å². The highest BCUT2D eigenvalue weighted by Gasteiger charge is 2.48. The Hall–Kier alpha value is -2.78. The molecular formula is C20H19F2N5OS. The van der Waals surface area contributed by atoms with E-state index in [9.17, 15) is 8.78 Å². The Morgan fingerprint density at radius 3 is 2.66 bits per heavy atom. The summed E-state index contributed by atoms with van der Waals surface area (Å²) in [6.45, 7) is 2.17. The molecule has 150 valence electrons. The second kappa shape index (κ2) is 7.92. The van der Waals surface area contributed by atoms with Crippen molar-refractivity contribution in [3.05, 3.63) is 77.1 Å². The van der Waals surface area contributed by atoms with Crippen LogP contribution < -0.4 is 10.7 Å². The molecule has 0 amide bonds. The summed E-state index contributed by atoms with van der Waals surface area (Å²) in [5.41, 5.74) is 6.80. The van der Waals surface area contributed by atoms with Crippen LogP contribution in [0.15, 0.2) is 58.2 Å². The zero-order chi connectivity index (χ0) is 20.4. The highest BCUT2D eigenvalue weighted by molar-refractivity contribution is 8.15. The first-order chi connectivity index (χ1) is 14.0. The van der Waals surface area contributed by atoms with E-state index in [0.29, 0.717) is 30.3 Å². The average Bonchev–Trinajstić information content (AvgIpc) is 3.33. The van der Waals surface area contributed by atoms with Crippen LogP contribution in [0, 0.1) is 18.6 Å². The molecule has 1 atom stereocenters. The van der Waals surface area contributed by atoms with Crippen LogP contribution in [0.3, 0.4) is 0 Å². The number of nitrogens with two attached hydrogens (primary N) is 1. The molecular weight excluding hydrogens is 396 g/mol. The second-order valence-electron chi connectivity index (χ2n) is 6.61. The van der Waals surface area contributed by atoms with Gasteiger partial charge < -0.3 is 10.3 Å². The van der Waals surface area contributed by atoms with Crippen molar-refractivity contribution in [1.29, 1.82) is 0 Å². The SMILES string of the molecule is Cc1noc(N2N=C(c3cc(F)ccc3F)SC2(CCCN)c2ccccc2)n1. The number of anilines is 1. The molecule has 9 heteroatoms. The minimum atomic E-state index is -0.784. The first kappa shape index (κ1) is 19.5. The van der Waals surface area contributed by atoms with Gasteiger partial charge in [-0.15, -0.1) is 0 Å². The predicted octanol–water partition coefficient (Wildman–Crippen LogP) is 4.16. The largest absolute Gasteiger partial charge is 0.346 e. The van der Waals surface area contributed by atoms with Crippen molar-refractivity contribution in [2.75, 3.05) is 11.6 Å². The van der Waals surface area contributed by atoms with Crippen LogP contribution >= 0.6 is 11.8 Å². The molecule has 2 aromatic carbocycles. The Morgan fingerprint density at radius 2 is 1.97 bits per heavy atom. The van der Waals surface area contributed by atoms with Gasteiger partial charge in [0, 0.05) is 5.56 Å². The van der Waals surface area contributed by atoms with Crippen molar-refractivity contribution in [2.24, 2.45) is 10.8 Å². The number of thioether (sulfide) groups is 1. The maximum atomic E-state index is 14.5. The number of aromatic nitrogens is 2. The van der Waals surface area contributed by atoms with Crippen LogP contribution in [0.4, 0.5) is 14.8 Å². The standard InChI is InChI=1S/C20H19F2N5OS/c1-13-24-19(28-26-13)27-20(10-5-11-23,14-6-3-2-4-7-14)29-18(25-27)16-12-15(21)8-9-17(16)22/h2-4,6-9,12H,5,10-11,23H2,1H3. The van der Waals surface area contributed by atoms with Gasteiger partial charge in [-0.05, 0) is 50.1 Å². The fraction of sp³-hybridized carbons (Fsp3) is 0.250. The van der Waals surface area contributed by atoms with Gasteiger partial charge in [0.15, 0.2) is 5.82 Å². The molecule has 0 fully saturated rings. The third kappa shape index (κ3) is 3.63. The molecule has 1 unspecified atom stereocenters. The molecule has 0 bridgehead atoms. The highest BCUT2D eigenvalue weighted by atomic mass is 32.2. The van der Waals surface area contributed by atoms with Crippen LogP contribution in [0.25, 0.3) is 0 Å². The Morgan fingerprint density at radius 1 is 1.17 bits per heavy atom. The molecule has 0 saturated heterocycles. The van der Waals surface area contributed by atoms with Crippen LogP contribution in [-0.2, 0) is 4.87 Å². The smallest absolute Gasteiger partial charge is 0.330 e. The summed E-state index contributed by atoms with van der Waals surface area (Å²) in [4.78, 5) is 3.53. The minimum absolute atomic E-state index is 0.0850. The van der Waals surface area contributed by atoms with E-state index in [1.807, 2.05) is 30.3 Å². The molecule has 0 spiro atoms. The van der Waals surface area contributed by atoms with E-state index in [1.165, 1.54) is 11.8 Å². The normalized spacial score (nSPS) is 18.9. The third-order valence-corrected chi connectivity index (χ3v) is 6.05. The summed E-state index contributed by atoms with van der Waals surface area (Å²) in [5, 5.41) is 10.4. The Kier molecular flexibility index (Phi) is 5.33. The van der Waals surface area contributed by atoms with Crippen molar-refractivity contribution >= 4 is 22.8 Å². The number of rotatable bonds is 6. The van der Waals surface area contributed by atoms with Crippen LogP contribution in [0.2, 0.25) is 0 Å². The molecule has 4 rings (SSSR count). The number of benzene rings is 2. The topological polar surface area (TPSA) is 80.5 Å². The maximum Gasteiger partial charge on any atom is 0.346 e. The summed E-state index contributed by atoms with van der Waals surface area (Å²) in [6.07, 6.45) is 1.27. The third-order valence-electron chi connectivity index (χ3n) is 4.60. The minimum Gasteiger partial charge on any atom is -0.330 e. The van der Waals surface area contributed by atoms with Gasteiger partial charge in [-0.25, -0.2) is 8.78 Å². The van der Waals surface area contributed by atoms with Gasteiger partial charge in [-0.3, -0.25) is 0 Å². The second-order valence-corrected chi connectivity index (χ2v) is 7.88. The lowest BCUT2D eigenvalue weighted by molar-refractivity contribution is 0.386. The lowest BCUT2D eigenvalue weighted by Gasteiger charge is -2.34. The zero-order valence-electron chi connectivity index (χ0n) is 15.7. The summed E-state index contributed by atoms with van der Waals surface area (Å²) >= 11 is 1.33. The van der Waals surface area contributed by atoms with E-state index in [-0.39, 0.29) is 11.6 Å². The maximum absolute atomic E-state index is 14.5. The molecule has 0 aliphatic carbocycles. The molecule has 3 aromatic rings. The first-order valence-corrected chi connectivity index (χ1v) is 9.94. The van der Waals surface area contributed by atoms with E-state index in [2.05, 4.69) is 15.2 Å². The van der Waals surface area contributed by atoms with Gasteiger partial charge in [0.25, 0.3) is 0 Å². The van der Waals surface area contributed by atoms with Crippen LogP contribution in [0.1, 0.15) is 29.8 Å². The number of nitrogens with zero attached hydrogens (tertiary/aromatic N) is 4. The molecule has 1 aromatic heterocycles. The lowest BCUT2D eigenvalue weighted by atomic mass is 10.0. The molecule has 0 saturated carbocycles. The molecule has 2 N–H and O–H groups in total. The van der Waals surface area contributed by atoms with Crippen molar-refractivity contribution < 1.29 is 13.3 Å². The Bertz CT molecular complexity index is 1040. The van der Waals surface area contributed by atoms with Gasteiger partial charge in [-0.1, -0.05) is 47.3 Å². The number of aryl methyl sites for hydroxylation is 1. The number of hydrazone groups is 1. The van der Waals surface area contributed by atoms with Crippen molar-refractivity contribution in [1.82, 2.24) is 10.1 Å². The molecule has 6 nitrogen and oxygen atoms in total. The van der Waals surface area contributed by atoms with Gasteiger partial charge in [0.1, 0.15) is 21.5 Å². The summed E-state index contributed by atoms with van der Waals surface area (Å²) < 4.78 is 33.7. The van der Waals surface area contributed by atoms with Crippen LogP contribution in [0.5, 0.6) is 0 Å². The van der Waals surface area contributed by atoms with E-state index < -0.39 is 16.5 Å². The fourth-order valence-corrected chi connectivity index (χ4v) is 4.67.